The second kappa shape index (κ2) is 5.47. The summed E-state index contributed by atoms with van der Waals surface area (Å²) < 4.78 is 0. The molecule has 0 unspecified atom stereocenters. The van der Waals surface area contributed by atoms with E-state index in [0.29, 0.717) is 6.04 Å². The molecule has 3 heterocycles. The van der Waals surface area contributed by atoms with E-state index < -0.39 is 0 Å². The molecule has 3 saturated heterocycles. The van der Waals surface area contributed by atoms with Crippen LogP contribution < -0.4 is 10.6 Å². The summed E-state index contributed by atoms with van der Waals surface area (Å²) in [5.74, 6) is 0.794. The highest BCUT2D eigenvalue weighted by Crippen LogP contribution is 2.27. The molecule has 4 rings (SSSR count). The molecule has 0 aliphatic carbocycles. The van der Waals surface area contributed by atoms with Gasteiger partial charge in [-0.15, -0.1) is 0 Å². The molecule has 0 aromatic heterocycles. The number of benzene rings is 1. The zero-order valence-corrected chi connectivity index (χ0v) is 12.2. The van der Waals surface area contributed by atoms with Gasteiger partial charge in [-0.05, 0) is 63.1 Å². The average molecular weight is 275 g/mol. The molecule has 1 aromatic rings. The van der Waals surface area contributed by atoms with Gasteiger partial charge >= 0.3 is 0 Å². The summed E-state index contributed by atoms with van der Waals surface area (Å²) in [6.45, 7) is 5.76. The average Bonchev–Trinajstić information content (AvgIpc) is 2.43. The van der Waals surface area contributed by atoms with Crippen molar-refractivity contribution in [3.63, 3.8) is 0 Å². The van der Waals surface area contributed by atoms with E-state index in [2.05, 4.69) is 46.7 Å². The number of anilines is 1. The molecule has 3 aliphatic heterocycles. The third kappa shape index (κ3) is 3.07. The maximum Gasteiger partial charge on any atom is 0.171 e. The van der Waals surface area contributed by atoms with Crippen molar-refractivity contribution in [1.82, 2.24) is 10.2 Å². The zero-order chi connectivity index (χ0) is 13.2. The minimum absolute atomic E-state index is 0.521. The van der Waals surface area contributed by atoms with Gasteiger partial charge in [-0.1, -0.05) is 17.7 Å². The van der Waals surface area contributed by atoms with Crippen LogP contribution in [0.4, 0.5) is 5.69 Å². The lowest BCUT2D eigenvalue weighted by molar-refractivity contribution is 0.0815. The minimum atomic E-state index is 0.521. The Morgan fingerprint density at radius 2 is 1.89 bits per heavy atom. The van der Waals surface area contributed by atoms with Crippen LogP contribution in [0.3, 0.4) is 0 Å². The van der Waals surface area contributed by atoms with Crippen LogP contribution in [0.2, 0.25) is 0 Å². The third-order valence-corrected chi connectivity index (χ3v) is 4.50. The second-order valence-corrected chi connectivity index (χ2v) is 6.12. The summed E-state index contributed by atoms with van der Waals surface area (Å²) >= 11 is 5.42. The van der Waals surface area contributed by atoms with Crippen molar-refractivity contribution in [3.8, 4) is 0 Å². The molecular weight excluding hydrogens is 254 g/mol. The highest BCUT2D eigenvalue weighted by atomic mass is 32.1. The molecule has 4 heteroatoms. The van der Waals surface area contributed by atoms with Crippen molar-refractivity contribution < 1.29 is 0 Å². The highest BCUT2D eigenvalue weighted by molar-refractivity contribution is 7.80. The lowest BCUT2D eigenvalue weighted by atomic mass is 9.84. The van der Waals surface area contributed by atoms with Crippen molar-refractivity contribution in [2.45, 2.75) is 25.8 Å². The number of aryl methyl sites for hydroxylation is 1. The number of hydrogen-bond acceptors (Lipinski definition) is 2. The molecule has 0 saturated carbocycles. The summed E-state index contributed by atoms with van der Waals surface area (Å²) in [7, 11) is 0. The van der Waals surface area contributed by atoms with E-state index in [9.17, 15) is 0 Å². The molecule has 0 radical (unpaired) electrons. The van der Waals surface area contributed by atoms with Gasteiger partial charge in [-0.3, -0.25) is 0 Å². The van der Waals surface area contributed by atoms with Gasteiger partial charge in [0.1, 0.15) is 0 Å². The second-order valence-electron chi connectivity index (χ2n) is 5.71. The molecular formula is C15H21N3S. The predicted molar refractivity (Wildman–Crippen MR) is 83.5 cm³/mol. The number of thiocarbonyl (C=S) groups is 1. The Kier molecular flexibility index (Phi) is 3.71. The van der Waals surface area contributed by atoms with Crippen LogP contribution in [0, 0.1) is 12.8 Å². The Labute approximate surface area is 120 Å². The van der Waals surface area contributed by atoms with Gasteiger partial charge in [0.2, 0.25) is 0 Å². The van der Waals surface area contributed by atoms with Gasteiger partial charge in [0, 0.05) is 18.3 Å². The summed E-state index contributed by atoms with van der Waals surface area (Å²) in [4.78, 5) is 2.53. The van der Waals surface area contributed by atoms with Crippen LogP contribution in [-0.4, -0.2) is 35.7 Å². The van der Waals surface area contributed by atoms with Crippen LogP contribution in [0.15, 0.2) is 24.3 Å². The van der Waals surface area contributed by atoms with E-state index in [4.69, 9.17) is 12.2 Å². The highest BCUT2D eigenvalue weighted by Gasteiger charge is 2.34. The number of hydrogen-bond donors (Lipinski definition) is 2. The molecule has 1 atom stereocenters. The van der Waals surface area contributed by atoms with Gasteiger partial charge in [-0.2, -0.15) is 0 Å². The Balaban J connectivity index is 1.55. The summed E-state index contributed by atoms with van der Waals surface area (Å²) in [6, 6.07) is 8.85. The Bertz CT molecular complexity index is 449. The van der Waals surface area contributed by atoms with E-state index in [0.717, 1.165) is 23.3 Å². The molecule has 2 N–H and O–H groups in total. The molecule has 0 spiro atoms. The number of rotatable bonds is 2. The SMILES string of the molecule is Cc1ccc(NC(=S)N[C@@H]2CN3CCC2CC3)cc1. The van der Waals surface area contributed by atoms with Crippen molar-refractivity contribution in [2.24, 2.45) is 5.92 Å². The van der Waals surface area contributed by atoms with Crippen molar-refractivity contribution in [1.29, 1.82) is 0 Å². The number of nitrogens with one attached hydrogen (secondary N) is 2. The summed E-state index contributed by atoms with van der Waals surface area (Å²) in [6.07, 6.45) is 2.62. The van der Waals surface area contributed by atoms with Crippen LogP contribution >= 0.6 is 12.2 Å². The maximum atomic E-state index is 5.42. The third-order valence-electron chi connectivity index (χ3n) is 4.28. The smallest absolute Gasteiger partial charge is 0.171 e. The molecule has 3 fully saturated rings. The quantitative estimate of drug-likeness (QED) is 0.810. The summed E-state index contributed by atoms with van der Waals surface area (Å²) in [5, 5.41) is 7.52. The Morgan fingerprint density at radius 3 is 2.47 bits per heavy atom. The van der Waals surface area contributed by atoms with Gasteiger partial charge < -0.3 is 15.5 Å². The van der Waals surface area contributed by atoms with Crippen LogP contribution in [0.5, 0.6) is 0 Å². The Morgan fingerprint density at radius 1 is 1.21 bits per heavy atom. The van der Waals surface area contributed by atoms with Crippen molar-refractivity contribution in [2.75, 3.05) is 25.0 Å². The fraction of sp³-hybridized carbons (Fsp3) is 0.533. The van der Waals surface area contributed by atoms with Gasteiger partial charge in [0.25, 0.3) is 0 Å². The largest absolute Gasteiger partial charge is 0.358 e. The van der Waals surface area contributed by atoms with E-state index in [1.165, 1.54) is 31.5 Å². The molecule has 0 amide bonds. The van der Waals surface area contributed by atoms with Gasteiger partial charge in [0.15, 0.2) is 5.11 Å². The molecule has 19 heavy (non-hydrogen) atoms. The zero-order valence-electron chi connectivity index (χ0n) is 11.4. The van der Waals surface area contributed by atoms with Crippen LogP contribution in [-0.2, 0) is 0 Å². The normalized spacial score (nSPS) is 29.0. The van der Waals surface area contributed by atoms with Crippen LogP contribution in [0.25, 0.3) is 0 Å². The van der Waals surface area contributed by atoms with Crippen molar-refractivity contribution >= 4 is 23.0 Å². The summed E-state index contributed by atoms with van der Waals surface area (Å²) in [5.41, 5.74) is 2.33. The fourth-order valence-electron chi connectivity index (χ4n) is 3.10. The maximum absolute atomic E-state index is 5.42. The van der Waals surface area contributed by atoms with E-state index in [1.54, 1.807) is 0 Å². The minimum Gasteiger partial charge on any atom is -0.358 e. The fourth-order valence-corrected chi connectivity index (χ4v) is 3.37. The van der Waals surface area contributed by atoms with Gasteiger partial charge in [-0.25, -0.2) is 0 Å². The standard InChI is InChI=1S/C15H21N3S/c1-11-2-4-13(5-3-11)16-15(19)17-14-10-18-8-6-12(14)7-9-18/h2-5,12,14H,6-10H2,1H3,(H2,16,17,19)/t14-/m1/s1. The first-order chi connectivity index (χ1) is 9.20. The lowest BCUT2D eigenvalue weighted by Crippen LogP contribution is -2.57. The monoisotopic (exact) mass is 275 g/mol. The molecule has 2 bridgehead atoms. The lowest BCUT2D eigenvalue weighted by Gasteiger charge is -2.45. The van der Waals surface area contributed by atoms with E-state index in [-0.39, 0.29) is 0 Å². The molecule has 3 aliphatic rings. The first kappa shape index (κ1) is 12.9. The first-order valence-electron chi connectivity index (χ1n) is 7.07. The topological polar surface area (TPSA) is 27.3 Å². The van der Waals surface area contributed by atoms with E-state index >= 15 is 0 Å². The molecule has 1 aromatic carbocycles. The van der Waals surface area contributed by atoms with Crippen molar-refractivity contribution in [3.05, 3.63) is 29.8 Å². The molecule has 3 nitrogen and oxygen atoms in total. The first-order valence-corrected chi connectivity index (χ1v) is 7.48. The number of fused-ring (bicyclic) bond motifs is 3. The predicted octanol–water partition coefficient (Wildman–Crippen LogP) is 2.38. The number of nitrogens with zero attached hydrogens (tertiary/aromatic N) is 1. The van der Waals surface area contributed by atoms with E-state index in [1.807, 2.05) is 0 Å². The molecule has 102 valence electrons. The number of piperidine rings is 3. The van der Waals surface area contributed by atoms with Gasteiger partial charge in [0.05, 0.1) is 0 Å². The Hall–Kier alpha value is -1.13. The van der Waals surface area contributed by atoms with Crippen LogP contribution in [0.1, 0.15) is 18.4 Å².